The number of carbonyl (C=O) groups is 1. The average molecular weight is 365 g/mol. The summed E-state index contributed by atoms with van der Waals surface area (Å²) in [6.07, 6.45) is 5.23. The maximum atomic E-state index is 12.6. The average Bonchev–Trinajstić information content (AvgIpc) is 3.07. The zero-order chi connectivity index (χ0) is 17.4. The Balaban J connectivity index is 1.49. The molecule has 6 nitrogen and oxygen atoms in total. The molecule has 0 saturated carbocycles. The monoisotopic (exact) mass is 364 g/mol. The molecule has 0 aliphatic carbocycles. The van der Waals surface area contributed by atoms with Crippen molar-refractivity contribution in [3.05, 3.63) is 22.8 Å². The van der Waals surface area contributed by atoms with Gasteiger partial charge in [0, 0.05) is 38.9 Å². The van der Waals surface area contributed by atoms with Crippen LogP contribution in [0.1, 0.15) is 29.6 Å². The first-order valence-electron chi connectivity index (χ1n) is 9.15. The molecule has 4 heterocycles. The second kappa shape index (κ2) is 7.09. The number of morpholine rings is 1. The van der Waals surface area contributed by atoms with Crippen molar-refractivity contribution in [2.45, 2.75) is 31.4 Å². The molecule has 0 radical (unpaired) electrons. The van der Waals surface area contributed by atoms with E-state index in [0.29, 0.717) is 16.6 Å². The van der Waals surface area contributed by atoms with Crippen LogP contribution >= 0.6 is 11.6 Å². The van der Waals surface area contributed by atoms with Crippen LogP contribution in [0.5, 0.6) is 0 Å². The second-order valence-corrected chi connectivity index (χ2v) is 7.65. The van der Waals surface area contributed by atoms with Crippen LogP contribution in [-0.4, -0.2) is 79.2 Å². The van der Waals surface area contributed by atoms with Gasteiger partial charge in [-0.15, -0.1) is 0 Å². The summed E-state index contributed by atoms with van der Waals surface area (Å²) >= 11 is 6.50. The number of aromatic nitrogens is 1. The molecule has 1 aromatic heterocycles. The Morgan fingerprint density at radius 2 is 2.04 bits per heavy atom. The quantitative estimate of drug-likeness (QED) is 0.802. The van der Waals surface area contributed by atoms with Crippen molar-refractivity contribution < 1.29 is 9.53 Å². The Bertz CT molecular complexity index is 650. The van der Waals surface area contributed by atoms with Crippen molar-refractivity contribution >= 4 is 23.3 Å². The fraction of sp³-hybridized carbons (Fsp3) is 0.667. The van der Waals surface area contributed by atoms with Gasteiger partial charge < -0.3 is 14.5 Å². The van der Waals surface area contributed by atoms with Gasteiger partial charge in [0.2, 0.25) is 0 Å². The van der Waals surface area contributed by atoms with Crippen LogP contribution in [0.3, 0.4) is 0 Å². The molecule has 2 atom stereocenters. The van der Waals surface area contributed by atoms with E-state index in [1.807, 2.05) is 4.90 Å². The van der Waals surface area contributed by atoms with E-state index in [9.17, 15) is 4.79 Å². The molecule has 0 aromatic carbocycles. The van der Waals surface area contributed by atoms with Crippen molar-refractivity contribution in [3.63, 3.8) is 0 Å². The van der Waals surface area contributed by atoms with Crippen molar-refractivity contribution in [3.8, 4) is 0 Å². The zero-order valence-corrected chi connectivity index (χ0v) is 15.4. The van der Waals surface area contributed by atoms with E-state index in [-0.39, 0.29) is 12.0 Å². The molecule has 0 spiro atoms. The third kappa shape index (κ3) is 3.35. The molecule has 3 aliphatic rings. The SMILES string of the molecule is CN1CCOC2CN(c3ncc(C(=O)N4CCCCC4)cc3Cl)CC21. The highest BCUT2D eigenvalue weighted by Crippen LogP contribution is 2.31. The van der Waals surface area contributed by atoms with Gasteiger partial charge in [0.1, 0.15) is 5.82 Å². The first-order valence-corrected chi connectivity index (χ1v) is 9.53. The molecule has 3 fully saturated rings. The highest BCUT2D eigenvalue weighted by molar-refractivity contribution is 6.33. The first-order chi connectivity index (χ1) is 12.1. The molecular formula is C18H25ClN4O2. The summed E-state index contributed by atoms with van der Waals surface area (Å²) < 4.78 is 5.89. The minimum Gasteiger partial charge on any atom is -0.373 e. The van der Waals surface area contributed by atoms with Crippen molar-refractivity contribution in [1.82, 2.24) is 14.8 Å². The minimum atomic E-state index is 0.0406. The molecule has 25 heavy (non-hydrogen) atoms. The van der Waals surface area contributed by atoms with E-state index in [1.165, 1.54) is 6.42 Å². The number of nitrogens with zero attached hydrogens (tertiary/aromatic N) is 4. The van der Waals surface area contributed by atoms with Gasteiger partial charge in [-0.1, -0.05) is 11.6 Å². The molecule has 0 N–H and O–H groups in total. The number of amides is 1. The largest absolute Gasteiger partial charge is 0.373 e. The van der Waals surface area contributed by atoms with Crippen LogP contribution in [0.25, 0.3) is 0 Å². The lowest BCUT2D eigenvalue weighted by atomic mass is 10.1. The molecule has 0 bridgehead atoms. The van der Waals surface area contributed by atoms with Crippen LogP contribution in [0.15, 0.2) is 12.3 Å². The highest BCUT2D eigenvalue weighted by Gasteiger charge is 2.39. The smallest absolute Gasteiger partial charge is 0.255 e. The van der Waals surface area contributed by atoms with Crippen molar-refractivity contribution in [2.75, 3.05) is 51.3 Å². The number of pyridine rings is 1. The van der Waals surface area contributed by atoms with Crippen LogP contribution in [-0.2, 0) is 4.74 Å². The van der Waals surface area contributed by atoms with Gasteiger partial charge in [-0.25, -0.2) is 4.98 Å². The van der Waals surface area contributed by atoms with Crippen LogP contribution in [0, 0.1) is 0 Å². The number of likely N-dealkylation sites (N-methyl/N-ethyl adjacent to an activating group) is 1. The number of hydrogen-bond donors (Lipinski definition) is 0. The van der Waals surface area contributed by atoms with Gasteiger partial charge >= 0.3 is 0 Å². The fourth-order valence-electron chi connectivity index (χ4n) is 4.09. The number of anilines is 1. The number of fused-ring (bicyclic) bond motifs is 1. The lowest BCUT2D eigenvalue weighted by Crippen LogP contribution is -2.48. The third-order valence-corrected chi connectivity index (χ3v) is 5.87. The Morgan fingerprint density at radius 1 is 1.24 bits per heavy atom. The molecule has 7 heteroatoms. The van der Waals surface area contributed by atoms with Gasteiger partial charge in [0.15, 0.2) is 0 Å². The maximum Gasteiger partial charge on any atom is 0.255 e. The lowest BCUT2D eigenvalue weighted by molar-refractivity contribution is -0.0362. The van der Waals surface area contributed by atoms with Gasteiger partial charge in [-0.05, 0) is 32.4 Å². The molecule has 136 valence electrons. The standard InChI is InChI=1S/C18H25ClN4O2/c1-21-7-8-25-16-12-23(11-15(16)21)17-14(19)9-13(10-20-17)18(24)22-5-3-2-4-6-22/h9-10,15-16H,2-8,11-12H2,1H3. The van der Waals surface area contributed by atoms with E-state index >= 15 is 0 Å². The van der Waals surface area contributed by atoms with Crippen LogP contribution < -0.4 is 4.90 Å². The predicted molar refractivity (Wildman–Crippen MR) is 97.4 cm³/mol. The van der Waals surface area contributed by atoms with Gasteiger partial charge in [-0.2, -0.15) is 0 Å². The number of halogens is 1. The Labute approximate surface area is 153 Å². The summed E-state index contributed by atoms with van der Waals surface area (Å²) in [7, 11) is 2.14. The first kappa shape index (κ1) is 17.1. The normalized spacial score (nSPS) is 27.4. The summed E-state index contributed by atoms with van der Waals surface area (Å²) in [6.45, 7) is 5.04. The van der Waals surface area contributed by atoms with E-state index < -0.39 is 0 Å². The van der Waals surface area contributed by atoms with Crippen molar-refractivity contribution in [1.29, 1.82) is 0 Å². The number of hydrogen-bond acceptors (Lipinski definition) is 5. The minimum absolute atomic E-state index is 0.0406. The Morgan fingerprint density at radius 3 is 2.76 bits per heavy atom. The van der Waals surface area contributed by atoms with Gasteiger partial charge in [0.25, 0.3) is 5.91 Å². The lowest BCUT2D eigenvalue weighted by Gasteiger charge is -2.33. The highest BCUT2D eigenvalue weighted by atomic mass is 35.5. The number of ether oxygens (including phenoxy) is 1. The molecule has 2 unspecified atom stereocenters. The molecule has 3 aliphatic heterocycles. The molecule has 4 rings (SSSR count). The number of carbonyl (C=O) groups excluding carboxylic acids is 1. The summed E-state index contributed by atoms with van der Waals surface area (Å²) in [5.41, 5.74) is 0.584. The Kier molecular flexibility index (Phi) is 4.84. The molecule has 3 saturated heterocycles. The topological polar surface area (TPSA) is 48.9 Å². The summed E-state index contributed by atoms with van der Waals surface area (Å²) in [6, 6.07) is 2.15. The molecule has 1 amide bonds. The summed E-state index contributed by atoms with van der Waals surface area (Å²) in [5, 5.41) is 0.546. The van der Waals surface area contributed by atoms with Crippen LogP contribution in [0.4, 0.5) is 5.82 Å². The number of likely N-dealkylation sites (tertiary alicyclic amines) is 1. The van der Waals surface area contributed by atoms with Crippen molar-refractivity contribution in [2.24, 2.45) is 0 Å². The van der Waals surface area contributed by atoms with Gasteiger partial charge in [0.05, 0.1) is 29.3 Å². The third-order valence-electron chi connectivity index (χ3n) is 5.59. The maximum absolute atomic E-state index is 12.6. The second-order valence-electron chi connectivity index (χ2n) is 7.24. The van der Waals surface area contributed by atoms with Crippen LogP contribution in [0.2, 0.25) is 5.02 Å². The number of piperidine rings is 1. The van der Waals surface area contributed by atoms with E-state index in [4.69, 9.17) is 16.3 Å². The molecule has 1 aromatic rings. The van der Waals surface area contributed by atoms with E-state index in [1.54, 1.807) is 12.3 Å². The Hall–Kier alpha value is -1.37. The van der Waals surface area contributed by atoms with E-state index in [0.717, 1.165) is 58.0 Å². The fourth-order valence-corrected chi connectivity index (χ4v) is 4.38. The van der Waals surface area contributed by atoms with E-state index in [2.05, 4.69) is 21.8 Å². The zero-order valence-electron chi connectivity index (χ0n) is 14.7. The molecular weight excluding hydrogens is 340 g/mol. The number of rotatable bonds is 2. The predicted octanol–water partition coefficient (Wildman–Crippen LogP) is 1.88. The summed E-state index contributed by atoms with van der Waals surface area (Å²) in [4.78, 5) is 23.6. The van der Waals surface area contributed by atoms with Gasteiger partial charge in [-0.3, -0.25) is 9.69 Å². The summed E-state index contributed by atoms with van der Waals surface area (Å²) in [5.74, 6) is 0.794.